The van der Waals surface area contributed by atoms with Gasteiger partial charge in [0.05, 0.1) is 19.0 Å². The van der Waals surface area contributed by atoms with Crippen LogP contribution in [0.5, 0.6) is 5.75 Å². The van der Waals surface area contributed by atoms with Gasteiger partial charge >= 0.3 is 0 Å². The predicted octanol–water partition coefficient (Wildman–Crippen LogP) is 3.41. The number of aromatic nitrogens is 2. The van der Waals surface area contributed by atoms with E-state index in [0.29, 0.717) is 12.3 Å². The Hall–Kier alpha value is -3.12. The van der Waals surface area contributed by atoms with E-state index in [1.165, 1.54) is 18.4 Å². The van der Waals surface area contributed by atoms with Gasteiger partial charge in [-0.1, -0.05) is 42.5 Å². The summed E-state index contributed by atoms with van der Waals surface area (Å²) in [5, 5.41) is 7.45. The molecule has 0 spiro atoms. The van der Waals surface area contributed by atoms with Crippen molar-refractivity contribution in [1.29, 1.82) is 0 Å². The van der Waals surface area contributed by atoms with Crippen LogP contribution in [-0.4, -0.2) is 40.8 Å². The monoisotopic (exact) mass is 390 g/mol. The molecule has 1 N–H and O–H groups in total. The lowest BCUT2D eigenvalue weighted by atomic mass is 10.1. The zero-order valence-electron chi connectivity index (χ0n) is 16.7. The Morgan fingerprint density at radius 2 is 1.72 bits per heavy atom. The fraction of sp³-hybridized carbons (Fsp3) is 0.304. The molecule has 0 saturated carbocycles. The van der Waals surface area contributed by atoms with Crippen LogP contribution in [0.4, 0.5) is 0 Å². The summed E-state index contributed by atoms with van der Waals surface area (Å²) >= 11 is 0. The van der Waals surface area contributed by atoms with Crippen LogP contribution in [0.25, 0.3) is 5.69 Å². The van der Waals surface area contributed by atoms with Gasteiger partial charge < -0.3 is 10.1 Å². The molecule has 1 saturated heterocycles. The Labute approximate surface area is 171 Å². The maximum atomic E-state index is 12.8. The van der Waals surface area contributed by atoms with Crippen molar-refractivity contribution in [2.24, 2.45) is 0 Å². The van der Waals surface area contributed by atoms with E-state index in [4.69, 9.17) is 4.74 Å². The molecule has 2 aromatic carbocycles. The molecule has 0 atom stereocenters. The highest BCUT2D eigenvalue weighted by Gasteiger charge is 2.19. The minimum Gasteiger partial charge on any atom is -0.493 e. The third kappa shape index (κ3) is 4.49. The zero-order chi connectivity index (χ0) is 20.1. The summed E-state index contributed by atoms with van der Waals surface area (Å²) in [6, 6.07) is 18.0. The van der Waals surface area contributed by atoms with Gasteiger partial charge in [-0.25, -0.2) is 4.68 Å². The molecule has 1 aliphatic heterocycles. The maximum absolute atomic E-state index is 12.8. The van der Waals surface area contributed by atoms with Crippen molar-refractivity contribution in [2.45, 2.75) is 25.9 Å². The topological polar surface area (TPSA) is 59.4 Å². The molecule has 3 aromatic rings. The number of ether oxygens (including phenoxy) is 1. The van der Waals surface area contributed by atoms with Gasteiger partial charge in [0.15, 0.2) is 11.4 Å². The molecule has 2 heterocycles. The van der Waals surface area contributed by atoms with E-state index in [9.17, 15) is 4.79 Å². The summed E-state index contributed by atoms with van der Waals surface area (Å²) in [5.41, 5.74) is 3.56. The van der Waals surface area contributed by atoms with Crippen molar-refractivity contribution >= 4 is 5.91 Å². The summed E-state index contributed by atoms with van der Waals surface area (Å²) in [4.78, 5) is 15.3. The van der Waals surface area contributed by atoms with E-state index in [1.54, 1.807) is 18.0 Å². The molecule has 6 nitrogen and oxygen atoms in total. The first-order valence-electron chi connectivity index (χ1n) is 10.0. The van der Waals surface area contributed by atoms with E-state index in [0.717, 1.165) is 30.9 Å². The molecule has 29 heavy (non-hydrogen) atoms. The van der Waals surface area contributed by atoms with Crippen molar-refractivity contribution in [3.63, 3.8) is 0 Å². The Balaban J connectivity index is 1.47. The number of hydrogen-bond donors (Lipinski definition) is 1. The van der Waals surface area contributed by atoms with Crippen LogP contribution < -0.4 is 10.1 Å². The van der Waals surface area contributed by atoms with Crippen molar-refractivity contribution in [3.05, 3.63) is 77.6 Å². The molecular formula is C23H26N4O2. The number of rotatable bonds is 7. The van der Waals surface area contributed by atoms with Crippen molar-refractivity contribution < 1.29 is 9.53 Å². The number of carbonyl (C=O) groups excluding carboxylic acids is 1. The van der Waals surface area contributed by atoms with Crippen LogP contribution in [0.15, 0.2) is 60.8 Å². The number of methoxy groups -OCH3 is 1. The lowest BCUT2D eigenvalue weighted by Gasteiger charge is -2.17. The smallest absolute Gasteiger partial charge is 0.275 e. The molecule has 150 valence electrons. The molecule has 0 bridgehead atoms. The number of nitrogens with zero attached hydrogens (tertiary/aromatic N) is 3. The Morgan fingerprint density at radius 1 is 1.03 bits per heavy atom. The number of hydrogen-bond acceptors (Lipinski definition) is 4. The highest BCUT2D eigenvalue weighted by atomic mass is 16.5. The van der Waals surface area contributed by atoms with Gasteiger partial charge in [0, 0.05) is 13.1 Å². The van der Waals surface area contributed by atoms with Crippen LogP contribution in [-0.2, 0) is 13.1 Å². The fourth-order valence-corrected chi connectivity index (χ4v) is 3.70. The first-order valence-corrected chi connectivity index (χ1v) is 10.0. The molecular weight excluding hydrogens is 364 g/mol. The molecule has 1 fully saturated rings. The Kier molecular flexibility index (Phi) is 5.91. The van der Waals surface area contributed by atoms with Gasteiger partial charge in [-0.05, 0) is 49.2 Å². The van der Waals surface area contributed by atoms with Crippen LogP contribution in [0.2, 0.25) is 0 Å². The lowest BCUT2D eigenvalue weighted by molar-refractivity contribution is 0.0942. The van der Waals surface area contributed by atoms with Crippen molar-refractivity contribution in [2.75, 3.05) is 20.2 Å². The molecule has 6 heteroatoms. The third-order valence-corrected chi connectivity index (χ3v) is 5.29. The zero-order valence-corrected chi connectivity index (χ0v) is 16.7. The predicted molar refractivity (Wildman–Crippen MR) is 112 cm³/mol. The summed E-state index contributed by atoms with van der Waals surface area (Å²) < 4.78 is 7.04. The maximum Gasteiger partial charge on any atom is 0.275 e. The number of amides is 1. The van der Waals surface area contributed by atoms with Gasteiger partial charge in [-0.2, -0.15) is 5.10 Å². The average molecular weight is 390 g/mol. The lowest BCUT2D eigenvalue weighted by Crippen LogP contribution is -2.25. The second-order valence-electron chi connectivity index (χ2n) is 7.26. The molecule has 1 amide bonds. The second kappa shape index (κ2) is 8.92. The summed E-state index contributed by atoms with van der Waals surface area (Å²) in [7, 11) is 1.55. The molecule has 1 aromatic heterocycles. The fourth-order valence-electron chi connectivity index (χ4n) is 3.70. The Bertz CT molecular complexity index is 962. The first-order chi connectivity index (χ1) is 14.2. The van der Waals surface area contributed by atoms with Crippen LogP contribution >= 0.6 is 0 Å². The summed E-state index contributed by atoms with van der Waals surface area (Å²) in [6.07, 6.45) is 4.26. The third-order valence-electron chi connectivity index (χ3n) is 5.29. The minimum absolute atomic E-state index is 0.243. The number of nitrogens with one attached hydrogen (secondary N) is 1. The quantitative estimate of drug-likeness (QED) is 0.672. The van der Waals surface area contributed by atoms with Crippen LogP contribution in [0.1, 0.15) is 34.5 Å². The highest BCUT2D eigenvalue weighted by molar-refractivity contribution is 5.94. The van der Waals surface area contributed by atoms with E-state index in [2.05, 4.69) is 33.5 Å². The van der Waals surface area contributed by atoms with Gasteiger partial charge in [-0.15, -0.1) is 0 Å². The second-order valence-corrected chi connectivity index (χ2v) is 7.26. The average Bonchev–Trinajstić information content (AvgIpc) is 3.43. The summed E-state index contributed by atoms with van der Waals surface area (Å²) in [5.74, 6) is 0.212. The molecule has 0 unspecified atom stereocenters. The summed E-state index contributed by atoms with van der Waals surface area (Å²) in [6.45, 7) is 3.69. The first kappa shape index (κ1) is 19.2. The van der Waals surface area contributed by atoms with E-state index in [-0.39, 0.29) is 11.6 Å². The van der Waals surface area contributed by atoms with Crippen molar-refractivity contribution in [1.82, 2.24) is 20.0 Å². The SMILES string of the molecule is COc1cn(-c2ccccc2)nc1C(=O)NCc1ccccc1CN1CCCC1. The standard InChI is InChI=1S/C23H26N4O2/c1-29-21-17-27(20-11-3-2-4-12-20)25-22(21)23(28)24-15-18-9-5-6-10-19(18)16-26-13-7-8-14-26/h2-6,9-12,17H,7-8,13-16H2,1H3,(H,24,28). The van der Waals surface area contributed by atoms with Gasteiger partial charge in [0.25, 0.3) is 5.91 Å². The normalized spacial score (nSPS) is 14.1. The molecule has 0 radical (unpaired) electrons. The highest BCUT2D eigenvalue weighted by Crippen LogP contribution is 2.20. The minimum atomic E-state index is -0.243. The Morgan fingerprint density at radius 3 is 2.45 bits per heavy atom. The van der Waals surface area contributed by atoms with E-state index in [1.807, 2.05) is 36.4 Å². The number of carbonyl (C=O) groups is 1. The van der Waals surface area contributed by atoms with E-state index < -0.39 is 0 Å². The molecule has 1 aliphatic rings. The largest absolute Gasteiger partial charge is 0.493 e. The molecule has 4 rings (SSSR count). The van der Waals surface area contributed by atoms with Gasteiger partial charge in [0.2, 0.25) is 0 Å². The number of benzene rings is 2. The van der Waals surface area contributed by atoms with Crippen molar-refractivity contribution in [3.8, 4) is 11.4 Å². The van der Waals surface area contributed by atoms with Crippen LogP contribution in [0, 0.1) is 0 Å². The van der Waals surface area contributed by atoms with E-state index >= 15 is 0 Å². The van der Waals surface area contributed by atoms with Gasteiger partial charge in [0.1, 0.15) is 0 Å². The number of likely N-dealkylation sites (tertiary alicyclic amines) is 1. The molecule has 0 aliphatic carbocycles. The van der Waals surface area contributed by atoms with Crippen LogP contribution in [0.3, 0.4) is 0 Å². The number of para-hydroxylation sites is 1. The van der Waals surface area contributed by atoms with Gasteiger partial charge in [-0.3, -0.25) is 9.69 Å².